The lowest BCUT2D eigenvalue weighted by Gasteiger charge is -2.28. The smallest absolute Gasteiger partial charge is 0.0234 e. The first-order valence-electron chi connectivity index (χ1n) is 11.0. The number of unbranched alkanes of at least 4 members (excludes halogenated alkanes) is 1. The normalized spacial score (nSPS) is 11.4. The lowest BCUT2D eigenvalue weighted by molar-refractivity contribution is 0.196. The van der Waals surface area contributed by atoms with Crippen LogP contribution in [0.1, 0.15) is 44.2 Å². The van der Waals surface area contributed by atoms with Crippen molar-refractivity contribution in [1.29, 1.82) is 0 Å². The molecule has 3 nitrogen and oxygen atoms in total. The Morgan fingerprint density at radius 3 is 1.93 bits per heavy atom. The Morgan fingerprint density at radius 1 is 0.643 bits per heavy atom. The average molecular weight is 382 g/mol. The Labute approximate surface area is 172 Å². The first-order chi connectivity index (χ1) is 13.8. The maximum Gasteiger partial charge on any atom is 0.0234 e. The number of hydrogen-bond donors (Lipinski definition) is 1. The fourth-order valence-electron chi connectivity index (χ4n) is 3.49. The molecule has 0 bridgehead atoms. The van der Waals surface area contributed by atoms with E-state index in [9.17, 15) is 0 Å². The lowest BCUT2D eigenvalue weighted by atomic mass is 10.2. The Morgan fingerprint density at radius 2 is 1.29 bits per heavy atom. The van der Waals surface area contributed by atoms with Gasteiger partial charge in [-0.2, -0.15) is 0 Å². The molecule has 0 aliphatic carbocycles. The zero-order valence-electron chi connectivity index (χ0n) is 17.9. The molecule has 2 rings (SSSR count). The van der Waals surface area contributed by atoms with Gasteiger partial charge in [0.05, 0.1) is 0 Å². The molecule has 0 amide bonds. The predicted octanol–water partition coefficient (Wildman–Crippen LogP) is 4.79. The topological polar surface area (TPSA) is 18.5 Å². The van der Waals surface area contributed by atoms with E-state index in [0.717, 1.165) is 39.3 Å². The highest BCUT2D eigenvalue weighted by molar-refractivity contribution is 5.15. The van der Waals surface area contributed by atoms with Crippen molar-refractivity contribution in [2.24, 2.45) is 0 Å². The minimum absolute atomic E-state index is 0.957. The predicted molar refractivity (Wildman–Crippen MR) is 122 cm³/mol. The van der Waals surface area contributed by atoms with E-state index in [1.165, 1.54) is 43.5 Å². The summed E-state index contributed by atoms with van der Waals surface area (Å²) in [7, 11) is 0. The quantitative estimate of drug-likeness (QED) is 0.448. The van der Waals surface area contributed by atoms with Gasteiger partial charge in [-0.05, 0) is 37.1 Å². The summed E-state index contributed by atoms with van der Waals surface area (Å²) in [6.07, 6.45) is 3.75. The van der Waals surface area contributed by atoms with Crippen LogP contribution in [0.2, 0.25) is 0 Å². The molecule has 0 heterocycles. The minimum atomic E-state index is 0.957. The van der Waals surface area contributed by atoms with Crippen LogP contribution in [-0.2, 0) is 13.1 Å². The van der Waals surface area contributed by atoms with E-state index >= 15 is 0 Å². The van der Waals surface area contributed by atoms with Crippen molar-refractivity contribution >= 4 is 0 Å². The Balaban J connectivity index is 1.76. The summed E-state index contributed by atoms with van der Waals surface area (Å²) in [4.78, 5) is 5.24. The summed E-state index contributed by atoms with van der Waals surface area (Å²) < 4.78 is 0. The van der Waals surface area contributed by atoms with Gasteiger partial charge in [0.2, 0.25) is 0 Å². The largest absolute Gasteiger partial charge is 0.311 e. The number of benzene rings is 2. The van der Waals surface area contributed by atoms with Crippen molar-refractivity contribution in [3.8, 4) is 0 Å². The molecule has 0 atom stereocenters. The molecule has 1 N–H and O–H groups in total. The van der Waals surface area contributed by atoms with Gasteiger partial charge in [-0.25, -0.2) is 0 Å². The van der Waals surface area contributed by atoms with Gasteiger partial charge in [0, 0.05) is 39.3 Å². The van der Waals surface area contributed by atoms with E-state index in [1.54, 1.807) is 0 Å². The van der Waals surface area contributed by atoms with E-state index < -0.39 is 0 Å². The maximum absolute atomic E-state index is 3.61. The highest BCUT2D eigenvalue weighted by Crippen LogP contribution is 2.06. The molecule has 0 saturated heterocycles. The summed E-state index contributed by atoms with van der Waals surface area (Å²) in [5.41, 5.74) is 2.78. The average Bonchev–Trinajstić information content (AvgIpc) is 2.74. The molecule has 2 aromatic carbocycles. The molecule has 3 heteroatoms. The second-order valence-corrected chi connectivity index (χ2v) is 7.62. The molecule has 0 aliphatic rings. The number of nitrogens with zero attached hydrogens (tertiary/aromatic N) is 2. The van der Waals surface area contributed by atoms with E-state index in [4.69, 9.17) is 0 Å². The van der Waals surface area contributed by atoms with Crippen LogP contribution in [-0.4, -0.2) is 49.1 Å². The first kappa shape index (κ1) is 22.6. The third-order valence-corrected chi connectivity index (χ3v) is 5.13. The van der Waals surface area contributed by atoms with Crippen LogP contribution in [0, 0.1) is 0 Å². The van der Waals surface area contributed by atoms with Gasteiger partial charge in [-0.3, -0.25) is 4.90 Å². The summed E-state index contributed by atoms with van der Waals surface area (Å²) in [5.74, 6) is 0. The fourth-order valence-corrected chi connectivity index (χ4v) is 3.49. The van der Waals surface area contributed by atoms with Crippen LogP contribution in [0.3, 0.4) is 0 Å². The summed E-state index contributed by atoms with van der Waals surface area (Å²) in [6, 6.07) is 21.5. The first-order valence-corrected chi connectivity index (χ1v) is 11.0. The molecule has 0 saturated carbocycles. The van der Waals surface area contributed by atoms with Gasteiger partial charge in [-0.1, -0.05) is 80.9 Å². The minimum Gasteiger partial charge on any atom is -0.311 e. The van der Waals surface area contributed by atoms with Gasteiger partial charge in [-0.15, -0.1) is 0 Å². The third-order valence-electron chi connectivity index (χ3n) is 5.13. The van der Waals surface area contributed by atoms with Crippen LogP contribution in [0.4, 0.5) is 0 Å². The Hall–Kier alpha value is -1.68. The fraction of sp³-hybridized carbons (Fsp3) is 0.520. The summed E-state index contributed by atoms with van der Waals surface area (Å²) in [5, 5.41) is 3.61. The molecular weight excluding hydrogens is 342 g/mol. The van der Waals surface area contributed by atoms with Crippen LogP contribution in [0.15, 0.2) is 60.7 Å². The monoisotopic (exact) mass is 381 g/mol. The van der Waals surface area contributed by atoms with Gasteiger partial charge in [0.15, 0.2) is 0 Å². The maximum atomic E-state index is 3.61. The second kappa shape index (κ2) is 14.3. The van der Waals surface area contributed by atoms with Crippen LogP contribution < -0.4 is 5.32 Å². The SMILES string of the molecule is CCCCN(CCNCc1ccccc1)CCN(CCC)Cc1ccccc1. The van der Waals surface area contributed by atoms with Crippen LogP contribution >= 0.6 is 0 Å². The summed E-state index contributed by atoms with van der Waals surface area (Å²) in [6.45, 7) is 13.4. The third kappa shape index (κ3) is 9.50. The van der Waals surface area contributed by atoms with Crippen molar-refractivity contribution < 1.29 is 0 Å². The zero-order valence-corrected chi connectivity index (χ0v) is 17.9. The van der Waals surface area contributed by atoms with Gasteiger partial charge in [0.25, 0.3) is 0 Å². The molecule has 0 fully saturated rings. The highest BCUT2D eigenvalue weighted by atomic mass is 15.2. The van der Waals surface area contributed by atoms with Crippen molar-refractivity contribution in [2.45, 2.75) is 46.2 Å². The Bertz CT molecular complexity index is 600. The molecule has 154 valence electrons. The van der Waals surface area contributed by atoms with Crippen LogP contribution in [0.5, 0.6) is 0 Å². The van der Waals surface area contributed by atoms with Crippen molar-refractivity contribution in [2.75, 3.05) is 39.3 Å². The molecule has 2 aromatic rings. The van der Waals surface area contributed by atoms with Gasteiger partial charge in [0.1, 0.15) is 0 Å². The molecule has 0 unspecified atom stereocenters. The standard InChI is InChI=1S/C25H39N3/c1-3-5-18-27(19-16-26-22-24-12-8-6-9-13-24)20-21-28(17-4-2)23-25-14-10-7-11-15-25/h6-15,26H,3-5,16-23H2,1-2H3. The van der Waals surface area contributed by atoms with Crippen molar-refractivity contribution in [1.82, 2.24) is 15.1 Å². The number of hydrogen-bond acceptors (Lipinski definition) is 3. The van der Waals surface area contributed by atoms with Crippen molar-refractivity contribution in [3.05, 3.63) is 71.8 Å². The highest BCUT2D eigenvalue weighted by Gasteiger charge is 2.09. The molecular formula is C25H39N3. The van der Waals surface area contributed by atoms with E-state index in [2.05, 4.69) is 89.6 Å². The second-order valence-electron chi connectivity index (χ2n) is 7.62. The lowest BCUT2D eigenvalue weighted by Crippen LogP contribution is -2.39. The molecule has 0 aromatic heterocycles. The van der Waals surface area contributed by atoms with E-state index in [0.29, 0.717) is 0 Å². The molecule has 28 heavy (non-hydrogen) atoms. The number of nitrogens with one attached hydrogen (secondary N) is 1. The van der Waals surface area contributed by atoms with Crippen molar-refractivity contribution in [3.63, 3.8) is 0 Å². The van der Waals surface area contributed by atoms with E-state index in [-0.39, 0.29) is 0 Å². The number of rotatable bonds is 15. The van der Waals surface area contributed by atoms with Gasteiger partial charge < -0.3 is 10.2 Å². The summed E-state index contributed by atoms with van der Waals surface area (Å²) >= 11 is 0. The van der Waals surface area contributed by atoms with Crippen LogP contribution in [0.25, 0.3) is 0 Å². The zero-order chi connectivity index (χ0) is 19.9. The molecule has 0 aliphatic heterocycles. The van der Waals surface area contributed by atoms with Gasteiger partial charge >= 0.3 is 0 Å². The molecule has 0 spiro atoms. The molecule has 0 radical (unpaired) electrons. The van der Waals surface area contributed by atoms with E-state index in [1.807, 2.05) is 0 Å². The Kier molecular flexibility index (Phi) is 11.6.